The molecule has 2 nitrogen and oxygen atoms in total. The summed E-state index contributed by atoms with van der Waals surface area (Å²) in [7, 11) is 0. The van der Waals surface area contributed by atoms with E-state index in [0.29, 0.717) is 6.04 Å². The third-order valence-corrected chi connectivity index (χ3v) is 3.78. The Labute approximate surface area is 104 Å². The van der Waals surface area contributed by atoms with E-state index in [1.54, 1.807) is 0 Å². The van der Waals surface area contributed by atoms with Gasteiger partial charge in [-0.3, -0.25) is 4.90 Å². The molecule has 17 heavy (non-hydrogen) atoms. The van der Waals surface area contributed by atoms with Crippen LogP contribution in [0.1, 0.15) is 44.2 Å². The molecular weight excluding hydrogens is 210 g/mol. The number of benzene rings is 1. The molecule has 1 aromatic carbocycles. The van der Waals surface area contributed by atoms with Crippen LogP contribution in [0, 0.1) is 0 Å². The lowest BCUT2D eigenvalue weighted by molar-refractivity contribution is 0.0865. The van der Waals surface area contributed by atoms with Crippen LogP contribution in [0.4, 0.5) is 0 Å². The van der Waals surface area contributed by atoms with Crippen LogP contribution in [-0.4, -0.2) is 22.1 Å². The van der Waals surface area contributed by atoms with Gasteiger partial charge in [0.25, 0.3) is 0 Å². The van der Waals surface area contributed by atoms with Crippen LogP contribution >= 0.6 is 0 Å². The van der Waals surface area contributed by atoms with Crippen molar-refractivity contribution in [2.75, 3.05) is 0 Å². The lowest BCUT2D eigenvalue weighted by Gasteiger charge is -2.40. The molecule has 1 fully saturated rings. The molecule has 1 saturated carbocycles. The summed E-state index contributed by atoms with van der Waals surface area (Å²) in [6, 6.07) is 9.72. The lowest BCUT2D eigenvalue weighted by Crippen LogP contribution is -2.43. The van der Waals surface area contributed by atoms with Crippen LogP contribution in [0.25, 0.3) is 0 Å². The Bertz CT molecular complexity index is 340. The highest BCUT2D eigenvalue weighted by Gasteiger charge is 2.26. The van der Waals surface area contributed by atoms with Gasteiger partial charge in [-0.15, -0.1) is 0 Å². The van der Waals surface area contributed by atoms with Gasteiger partial charge < -0.3 is 5.11 Å². The van der Waals surface area contributed by atoms with Crippen LogP contribution in [-0.2, 0) is 13.2 Å². The number of aliphatic hydroxyl groups excluding tert-OH is 1. The molecule has 2 rings (SSSR count). The zero-order valence-corrected chi connectivity index (χ0v) is 10.9. The van der Waals surface area contributed by atoms with Gasteiger partial charge in [0.2, 0.25) is 0 Å². The van der Waals surface area contributed by atoms with Gasteiger partial charge in [-0.25, -0.2) is 0 Å². The van der Waals surface area contributed by atoms with Crippen molar-refractivity contribution < 1.29 is 5.11 Å². The van der Waals surface area contributed by atoms with Crippen molar-refractivity contribution in [3.8, 4) is 0 Å². The fraction of sp³-hybridized carbons (Fsp3) is 0.600. The van der Waals surface area contributed by atoms with E-state index in [0.717, 1.165) is 18.2 Å². The predicted molar refractivity (Wildman–Crippen MR) is 70.7 cm³/mol. The van der Waals surface area contributed by atoms with Gasteiger partial charge in [-0.05, 0) is 37.8 Å². The zero-order chi connectivity index (χ0) is 12.3. The summed E-state index contributed by atoms with van der Waals surface area (Å²) >= 11 is 0. The Morgan fingerprint density at radius 1 is 1.18 bits per heavy atom. The van der Waals surface area contributed by atoms with Crippen LogP contribution in [0.15, 0.2) is 24.3 Å². The average molecular weight is 233 g/mol. The third-order valence-electron chi connectivity index (χ3n) is 3.78. The maximum absolute atomic E-state index is 9.02. The molecule has 0 amide bonds. The minimum atomic E-state index is 0.136. The first kappa shape index (κ1) is 12.6. The van der Waals surface area contributed by atoms with Gasteiger partial charge in [-0.1, -0.05) is 30.7 Å². The first-order valence-corrected chi connectivity index (χ1v) is 6.65. The van der Waals surface area contributed by atoms with Gasteiger partial charge >= 0.3 is 0 Å². The second-order valence-electron chi connectivity index (χ2n) is 5.33. The first-order valence-electron chi connectivity index (χ1n) is 6.65. The molecule has 1 N–H and O–H groups in total. The summed E-state index contributed by atoms with van der Waals surface area (Å²) in [5.74, 6) is 0. The summed E-state index contributed by atoms with van der Waals surface area (Å²) in [5.41, 5.74) is 2.34. The highest BCUT2D eigenvalue weighted by atomic mass is 16.3. The molecule has 0 bridgehead atoms. The number of rotatable bonds is 5. The normalized spacial score (nSPS) is 16.5. The molecule has 0 heterocycles. The molecular formula is C15H23NO. The molecule has 1 aromatic rings. The summed E-state index contributed by atoms with van der Waals surface area (Å²) in [4.78, 5) is 2.59. The molecule has 0 saturated heterocycles. The van der Waals surface area contributed by atoms with Gasteiger partial charge in [0.1, 0.15) is 0 Å². The molecule has 0 radical (unpaired) electrons. The summed E-state index contributed by atoms with van der Waals surface area (Å²) < 4.78 is 0. The van der Waals surface area contributed by atoms with Gasteiger partial charge in [0.15, 0.2) is 0 Å². The molecule has 1 aliphatic rings. The minimum Gasteiger partial charge on any atom is -0.392 e. The molecule has 0 spiro atoms. The van der Waals surface area contributed by atoms with Crippen molar-refractivity contribution in [2.45, 2.75) is 58.3 Å². The summed E-state index contributed by atoms with van der Waals surface area (Å²) in [6.45, 7) is 5.73. The van der Waals surface area contributed by atoms with Crippen LogP contribution in [0.2, 0.25) is 0 Å². The van der Waals surface area contributed by atoms with Crippen LogP contribution in [0.3, 0.4) is 0 Å². The van der Waals surface area contributed by atoms with E-state index in [9.17, 15) is 0 Å². The van der Waals surface area contributed by atoms with Gasteiger partial charge in [0, 0.05) is 18.6 Å². The number of aliphatic hydroxyl groups is 1. The SMILES string of the molecule is CC(C)N(Cc1ccc(CO)cc1)C1CCC1. The Morgan fingerprint density at radius 2 is 1.76 bits per heavy atom. The van der Waals surface area contributed by atoms with Crippen LogP contribution < -0.4 is 0 Å². The first-order chi connectivity index (χ1) is 8.20. The topological polar surface area (TPSA) is 23.5 Å². The van der Waals surface area contributed by atoms with Gasteiger partial charge in [-0.2, -0.15) is 0 Å². The third kappa shape index (κ3) is 3.08. The van der Waals surface area contributed by atoms with Crippen LogP contribution in [0.5, 0.6) is 0 Å². The van der Waals surface area contributed by atoms with E-state index in [4.69, 9.17) is 5.11 Å². The zero-order valence-electron chi connectivity index (χ0n) is 10.9. The number of hydrogen-bond donors (Lipinski definition) is 1. The van der Waals surface area contributed by atoms with Crippen molar-refractivity contribution in [1.82, 2.24) is 4.90 Å². The van der Waals surface area contributed by atoms with Gasteiger partial charge in [0.05, 0.1) is 6.61 Å². The maximum atomic E-state index is 9.02. The second-order valence-corrected chi connectivity index (χ2v) is 5.33. The van der Waals surface area contributed by atoms with Crippen molar-refractivity contribution >= 4 is 0 Å². The fourth-order valence-corrected chi connectivity index (χ4v) is 2.41. The Balaban J connectivity index is 2.00. The molecule has 2 heteroatoms. The van der Waals surface area contributed by atoms with E-state index < -0.39 is 0 Å². The molecule has 94 valence electrons. The Kier molecular flexibility index (Phi) is 4.19. The van der Waals surface area contributed by atoms with E-state index in [1.165, 1.54) is 24.8 Å². The number of hydrogen-bond acceptors (Lipinski definition) is 2. The van der Waals surface area contributed by atoms with E-state index in [2.05, 4.69) is 30.9 Å². The average Bonchev–Trinajstić information content (AvgIpc) is 2.26. The predicted octanol–water partition coefficient (Wildman–Crippen LogP) is 2.94. The highest BCUT2D eigenvalue weighted by molar-refractivity contribution is 5.22. The highest BCUT2D eigenvalue weighted by Crippen LogP contribution is 2.27. The van der Waals surface area contributed by atoms with Crippen molar-refractivity contribution in [1.29, 1.82) is 0 Å². The minimum absolute atomic E-state index is 0.136. The lowest BCUT2D eigenvalue weighted by atomic mass is 9.90. The Morgan fingerprint density at radius 3 is 2.18 bits per heavy atom. The maximum Gasteiger partial charge on any atom is 0.0681 e. The number of nitrogens with zero attached hydrogens (tertiary/aromatic N) is 1. The molecule has 0 unspecified atom stereocenters. The molecule has 0 aromatic heterocycles. The largest absolute Gasteiger partial charge is 0.392 e. The molecule has 0 atom stereocenters. The molecule has 1 aliphatic carbocycles. The smallest absolute Gasteiger partial charge is 0.0681 e. The second kappa shape index (κ2) is 5.65. The fourth-order valence-electron chi connectivity index (χ4n) is 2.41. The van der Waals surface area contributed by atoms with Crippen molar-refractivity contribution in [3.63, 3.8) is 0 Å². The standard InChI is InChI=1S/C15H23NO/c1-12(2)16(15-4-3-5-15)10-13-6-8-14(11-17)9-7-13/h6-9,12,15,17H,3-5,10-11H2,1-2H3. The van der Waals surface area contributed by atoms with Crippen molar-refractivity contribution in [3.05, 3.63) is 35.4 Å². The summed E-state index contributed by atoms with van der Waals surface area (Å²) in [5, 5.41) is 9.02. The van der Waals surface area contributed by atoms with E-state index in [1.807, 2.05) is 12.1 Å². The monoisotopic (exact) mass is 233 g/mol. The quantitative estimate of drug-likeness (QED) is 0.845. The van der Waals surface area contributed by atoms with E-state index in [-0.39, 0.29) is 6.61 Å². The Hall–Kier alpha value is -0.860. The molecule has 0 aliphatic heterocycles. The van der Waals surface area contributed by atoms with E-state index >= 15 is 0 Å². The summed E-state index contributed by atoms with van der Waals surface area (Å²) in [6.07, 6.45) is 4.09. The van der Waals surface area contributed by atoms with Crippen molar-refractivity contribution in [2.24, 2.45) is 0 Å².